The third-order valence-corrected chi connectivity index (χ3v) is 2.38. The van der Waals surface area contributed by atoms with Gasteiger partial charge in [-0.2, -0.15) is 0 Å². The average molecular weight is 243 g/mol. The van der Waals surface area contributed by atoms with Crippen LogP contribution in [0.4, 0.5) is 0 Å². The fourth-order valence-electron chi connectivity index (χ4n) is 1.40. The number of amidine groups is 1. The van der Waals surface area contributed by atoms with Crippen molar-refractivity contribution < 1.29 is 9.94 Å². The standard InChI is InChI=1S/C13H13N3O2/c1-9-2-5-12(8-15-9)18-11-6-3-10(4-7-11)13(14)16-17/h2-8,17H,1H3,(H2,14,16). The molecule has 0 radical (unpaired) electrons. The Morgan fingerprint density at radius 3 is 2.39 bits per heavy atom. The zero-order valence-corrected chi connectivity index (χ0v) is 9.87. The molecule has 0 atom stereocenters. The minimum atomic E-state index is 0.0681. The number of oxime groups is 1. The molecule has 0 aliphatic carbocycles. The van der Waals surface area contributed by atoms with Crippen molar-refractivity contribution >= 4 is 5.84 Å². The molecule has 0 aliphatic heterocycles. The number of hydrogen-bond acceptors (Lipinski definition) is 4. The van der Waals surface area contributed by atoms with Gasteiger partial charge in [-0.1, -0.05) is 5.16 Å². The lowest BCUT2D eigenvalue weighted by atomic mass is 10.2. The normalized spacial score (nSPS) is 11.3. The SMILES string of the molecule is Cc1ccc(Oc2ccc(C(N)=NO)cc2)cn1. The molecule has 0 amide bonds. The summed E-state index contributed by atoms with van der Waals surface area (Å²) >= 11 is 0. The first kappa shape index (κ1) is 11.9. The Balaban J connectivity index is 2.13. The molecule has 1 aromatic heterocycles. The van der Waals surface area contributed by atoms with Crippen LogP contribution in [0.25, 0.3) is 0 Å². The summed E-state index contributed by atoms with van der Waals surface area (Å²) in [5.41, 5.74) is 7.03. The van der Waals surface area contributed by atoms with Crippen molar-refractivity contribution in [1.82, 2.24) is 4.98 Å². The highest BCUT2D eigenvalue weighted by molar-refractivity contribution is 5.97. The highest BCUT2D eigenvalue weighted by Gasteiger charge is 2.01. The average Bonchev–Trinajstić information content (AvgIpc) is 2.41. The topological polar surface area (TPSA) is 80.7 Å². The number of aryl methyl sites for hydroxylation is 1. The van der Waals surface area contributed by atoms with E-state index in [2.05, 4.69) is 10.1 Å². The van der Waals surface area contributed by atoms with Crippen molar-refractivity contribution in [2.75, 3.05) is 0 Å². The molecule has 0 bridgehead atoms. The maximum Gasteiger partial charge on any atom is 0.170 e. The van der Waals surface area contributed by atoms with Gasteiger partial charge in [0.15, 0.2) is 5.84 Å². The van der Waals surface area contributed by atoms with Gasteiger partial charge in [-0.3, -0.25) is 4.98 Å². The van der Waals surface area contributed by atoms with E-state index in [0.29, 0.717) is 17.1 Å². The van der Waals surface area contributed by atoms with Crippen LogP contribution in [0.1, 0.15) is 11.3 Å². The Morgan fingerprint density at radius 2 is 1.83 bits per heavy atom. The monoisotopic (exact) mass is 243 g/mol. The Labute approximate surface area is 105 Å². The molecule has 5 nitrogen and oxygen atoms in total. The van der Waals surface area contributed by atoms with Gasteiger partial charge in [-0.15, -0.1) is 0 Å². The van der Waals surface area contributed by atoms with Crippen LogP contribution in [0, 0.1) is 6.92 Å². The summed E-state index contributed by atoms with van der Waals surface area (Å²) in [6.07, 6.45) is 1.66. The van der Waals surface area contributed by atoms with Crippen LogP contribution in [0.2, 0.25) is 0 Å². The minimum absolute atomic E-state index is 0.0681. The fourth-order valence-corrected chi connectivity index (χ4v) is 1.40. The van der Waals surface area contributed by atoms with Crippen molar-refractivity contribution in [2.24, 2.45) is 10.9 Å². The summed E-state index contributed by atoms with van der Waals surface area (Å²) in [7, 11) is 0. The van der Waals surface area contributed by atoms with Gasteiger partial charge in [0.1, 0.15) is 11.5 Å². The minimum Gasteiger partial charge on any atom is -0.456 e. The highest BCUT2D eigenvalue weighted by Crippen LogP contribution is 2.20. The van der Waals surface area contributed by atoms with Gasteiger partial charge >= 0.3 is 0 Å². The molecule has 0 saturated heterocycles. The molecule has 0 spiro atoms. The number of ether oxygens (including phenoxy) is 1. The van der Waals surface area contributed by atoms with Crippen molar-refractivity contribution in [1.29, 1.82) is 0 Å². The van der Waals surface area contributed by atoms with Crippen molar-refractivity contribution in [3.63, 3.8) is 0 Å². The van der Waals surface area contributed by atoms with E-state index in [1.807, 2.05) is 19.1 Å². The van der Waals surface area contributed by atoms with E-state index in [1.165, 1.54) is 0 Å². The zero-order valence-electron chi connectivity index (χ0n) is 9.87. The van der Waals surface area contributed by atoms with Crippen LogP contribution in [0.15, 0.2) is 47.8 Å². The van der Waals surface area contributed by atoms with Gasteiger partial charge in [0.05, 0.1) is 6.20 Å². The van der Waals surface area contributed by atoms with E-state index in [-0.39, 0.29) is 5.84 Å². The smallest absolute Gasteiger partial charge is 0.170 e. The summed E-state index contributed by atoms with van der Waals surface area (Å²) in [5.74, 6) is 1.39. The number of benzene rings is 1. The Kier molecular flexibility index (Phi) is 3.43. The van der Waals surface area contributed by atoms with Crippen molar-refractivity contribution in [2.45, 2.75) is 6.92 Å². The van der Waals surface area contributed by atoms with Gasteiger partial charge in [0.25, 0.3) is 0 Å². The number of rotatable bonds is 3. The van der Waals surface area contributed by atoms with Crippen molar-refractivity contribution in [3.8, 4) is 11.5 Å². The van der Waals surface area contributed by atoms with E-state index in [9.17, 15) is 0 Å². The predicted molar refractivity (Wildman–Crippen MR) is 68.0 cm³/mol. The van der Waals surface area contributed by atoms with Gasteiger partial charge < -0.3 is 15.7 Å². The first-order chi connectivity index (χ1) is 8.69. The number of pyridine rings is 1. The highest BCUT2D eigenvalue weighted by atomic mass is 16.5. The van der Waals surface area contributed by atoms with Crippen LogP contribution >= 0.6 is 0 Å². The number of nitrogens with two attached hydrogens (primary N) is 1. The second kappa shape index (κ2) is 5.18. The third-order valence-electron chi connectivity index (χ3n) is 2.38. The maximum atomic E-state index is 8.54. The molecule has 18 heavy (non-hydrogen) atoms. The van der Waals surface area contributed by atoms with Gasteiger partial charge in [-0.05, 0) is 43.3 Å². The van der Waals surface area contributed by atoms with Gasteiger partial charge in [0, 0.05) is 11.3 Å². The Hall–Kier alpha value is -2.56. The predicted octanol–water partition coefficient (Wildman–Crippen LogP) is 2.28. The van der Waals surface area contributed by atoms with Gasteiger partial charge in [-0.25, -0.2) is 0 Å². The van der Waals surface area contributed by atoms with Crippen molar-refractivity contribution in [3.05, 3.63) is 53.9 Å². The van der Waals surface area contributed by atoms with Gasteiger partial charge in [0.2, 0.25) is 0 Å². The van der Waals surface area contributed by atoms with E-state index < -0.39 is 0 Å². The number of hydrogen-bond donors (Lipinski definition) is 2. The lowest BCUT2D eigenvalue weighted by Crippen LogP contribution is -2.12. The second-order valence-corrected chi connectivity index (χ2v) is 3.75. The Morgan fingerprint density at radius 1 is 1.17 bits per heavy atom. The third kappa shape index (κ3) is 2.76. The molecule has 0 saturated carbocycles. The molecule has 0 unspecified atom stereocenters. The van der Waals surface area contributed by atoms with Crippen LogP contribution in [0.3, 0.4) is 0 Å². The molecule has 1 heterocycles. The molecule has 92 valence electrons. The maximum absolute atomic E-state index is 8.54. The summed E-state index contributed by atoms with van der Waals surface area (Å²) in [6.45, 7) is 1.91. The summed E-state index contributed by atoms with van der Waals surface area (Å²) < 4.78 is 5.60. The molecule has 1 aromatic carbocycles. The van der Waals surface area contributed by atoms with E-state index in [4.69, 9.17) is 15.7 Å². The van der Waals surface area contributed by atoms with E-state index in [1.54, 1.807) is 30.5 Å². The number of nitrogens with zero attached hydrogens (tertiary/aromatic N) is 2. The van der Waals surface area contributed by atoms with Crippen LogP contribution in [-0.2, 0) is 0 Å². The lowest BCUT2D eigenvalue weighted by molar-refractivity contribution is 0.318. The fraction of sp³-hybridized carbons (Fsp3) is 0.0769. The van der Waals surface area contributed by atoms with Crippen LogP contribution < -0.4 is 10.5 Å². The summed E-state index contributed by atoms with van der Waals surface area (Å²) in [5, 5.41) is 11.5. The molecule has 0 aliphatic rings. The molecule has 2 aromatic rings. The lowest BCUT2D eigenvalue weighted by Gasteiger charge is -2.06. The van der Waals surface area contributed by atoms with Crippen LogP contribution in [0.5, 0.6) is 11.5 Å². The van der Waals surface area contributed by atoms with E-state index >= 15 is 0 Å². The molecular weight excluding hydrogens is 230 g/mol. The molecule has 3 N–H and O–H groups in total. The van der Waals surface area contributed by atoms with Crippen LogP contribution in [-0.4, -0.2) is 16.0 Å². The Bertz CT molecular complexity index is 547. The zero-order chi connectivity index (χ0) is 13.0. The first-order valence-corrected chi connectivity index (χ1v) is 5.37. The number of aromatic nitrogens is 1. The summed E-state index contributed by atoms with van der Waals surface area (Å²) in [4.78, 5) is 4.14. The quantitative estimate of drug-likeness (QED) is 0.375. The largest absolute Gasteiger partial charge is 0.456 e. The summed E-state index contributed by atoms with van der Waals surface area (Å²) in [6, 6.07) is 10.6. The molecule has 5 heteroatoms. The molecule has 2 rings (SSSR count). The first-order valence-electron chi connectivity index (χ1n) is 5.37. The molecular formula is C13H13N3O2. The molecule has 0 fully saturated rings. The second-order valence-electron chi connectivity index (χ2n) is 3.75. The van der Waals surface area contributed by atoms with E-state index in [0.717, 1.165) is 5.69 Å².